The lowest BCUT2D eigenvalue weighted by atomic mass is 10.1. The minimum absolute atomic E-state index is 0.0948. The Balaban J connectivity index is 1.57. The van der Waals surface area contributed by atoms with E-state index in [0.29, 0.717) is 17.8 Å². The highest BCUT2D eigenvalue weighted by Crippen LogP contribution is 2.23. The molecular weight excluding hydrogens is 372 g/mol. The minimum atomic E-state index is -0.0948. The third kappa shape index (κ3) is 4.20. The summed E-state index contributed by atoms with van der Waals surface area (Å²) >= 11 is 0. The molecule has 0 saturated carbocycles. The molecule has 4 aromatic rings. The van der Waals surface area contributed by atoms with E-state index in [-0.39, 0.29) is 5.91 Å². The number of nitrogens with one attached hydrogen (secondary N) is 1. The molecule has 2 heterocycles. The van der Waals surface area contributed by atoms with Crippen LogP contribution in [0.1, 0.15) is 33.6 Å². The van der Waals surface area contributed by atoms with Crippen molar-refractivity contribution in [2.45, 2.75) is 26.7 Å². The molecular formula is C25H26N4O. The number of aryl methyl sites for hydroxylation is 3. The molecule has 1 N–H and O–H groups in total. The molecule has 5 heteroatoms. The second kappa shape index (κ2) is 8.82. The second-order valence-electron chi connectivity index (χ2n) is 7.47. The summed E-state index contributed by atoms with van der Waals surface area (Å²) in [5.41, 5.74) is 4.70. The molecule has 30 heavy (non-hydrogen) atoms. The van der Waals surface area contributed by atoms with Gasteiger partial charge in [0.25, 0.3) is 5.91 Å². The first-order valence-electron chi connectivity index (χ1n) is 10.3. The highest BCUT2D eigenvalue weighted by molar-refractivity contribution is 5.98. The van der Waals surface area contributed by atoms with Gasteiger partial charge in [0.05, 0.1) is 11.4 Å². The Labute approximate surface area is 177 Å². The van der Waals surface area contributed by atoms with Gasteiger partial charge >= 0.3 is 0 Å². The number of carbonyl (C=O) groups is 1. The molecule has 0 aliphatic rings. The molecule has 0 aliphatic carbocycles. The van der Waals surface area contributed by atoms with Gasteiger partial charge in [-0.1, -0.05) is 48.0 Å². The van der Waals surface area contributed by atoms with E-state index in [4.69, 9.17) is 5.10 Å². The highest BCUT2D eigenvalue weighted by Gasteiger charge is 2.23. The molecule has 2 aromatic heterocycles. The van der Waals surface area contributed by atoms with Gasteiger partial charge in [-0.3, -0.25) is 4.79 Å². The van der Waals surface area contributed by atoms with Gasteiger partial charge in [-0.2, -0.15) is 5.10 Å². The van der Waals surface area contributed by atoms with Gasteiger partial charge in [0.15, 0.2) is 5.82 Å². The molecule has 0 fully saturated rings. The van der Waals surface area contributed by atoms with Gasteiger partial charge < -0.3 is 9.88 Å². The van der Waals surface area contributed by atoms with Crippen LogP contribution in [0.25, 0.3) is 11.5 Å². The number of hydrogen-bond acceptors (Lipinski definition) is 2. The third-order valence-electron chi connectivity index (χ3n) is 5.16. The van der Waals surface area contributed by atoms with Crippen LogP contribution in [-0.2, 0) is 6.42 Å². The zero-order chi connectivity index (χ0) is 20.9. The van der Waals surface area contributed by atoms with E-state index in [1.165, 1.54) is 11.1 Å². The molecule has 0 unspecified atom stereocenters. The van der Waals surface area contributed by atoms with Gasteiger partial charge in [0, 0.05) is 18.9 Å². The predicted molar refractivity (Wildman–Crippen MR) is 119 cm³/mol. The number of amides is 1. The fourth-order valence-corrected chi connectivity index (χ4v) is 3.59. The van der Waals surface area contributed by atoms with Crippen LogP contribution in [0, 0.1) is 13.8 Å². The first-order chi connectivity index (χ1) is 14.6. The maximum absolute atomic E-state index is 13.1. The van der Waals surface area contributed by atoms with Gasteiger partial charge in [-0.05, 0) is 56.5 Å². The molecule has 0 spiro atoms. The zero-order valence-electron chi connectivity index (χ0n) is 17.4. The maximum Gasteiger partial charge on any atom is 0.256 e. The largest absolute Gasteiger partial charge is 0.352 e. The van der Waals surface area contributed by atoms with Crippen LogP contribution in [0.4, 0.5) is 0 Å². The standard InChI is InChI=1S/C25H26N4O/c1-19-12-14-22(15-13-19)29-25(28-17-6-7-18-28)23(20(2)27-29)24(30)26-16-8-11-21-9-4-3-5-10-21/h3-7,9-10,12-15,17-18H,8,11,16H2,1-2H3,(H,26,30). The molecule has 5 nitrogen and oxygen atoms in total. The summed E-state index contributed by atoms with van der Waals surface area (Å²) in [7, 11) is 0. The summed E-state index contributed by atoms with van der Waals surface area (Å²) in [5.74, 6) is 0.657. The zero-order valence-corrected chi connectivity index (χ0v) is 17.4. The predicted octanol–water partition coefficient (Wildman–Crippen LogP) is 4.64. The normalized spacial score (nSPS) is 10.9. The Morgan fingerprint density at radius 3 is 2.33 bits per heavy atom. The third-order valence-corrected chi connectivity index (χ3v) is 5.16. The second-order valence-corrected chi connectivity index (χ2v) is 7.47. The van der Waals surface area contributed by atoms with E-state index >= 15 is 0 Å². The Morgan fingerprint density at radius 2 is 1.63 bits per heavy atom. The van der Waals surface area contributed by atoms with Crippen molar-refractivity contribution in [3.05, 3.63) is 102 Å². The Hall–Kier alpha value is -3.60. The van der Waals surface area contributed by atoms with Gasteiger partial charge in [-0.25, -0.2) is 4.68 Å². The molecule has 2 aromatic carbocycles. The quantitative estimate of drug-likeness (QED) is 0.461. The summed E-state index contributed by atoms with van der Waals surface area (Å²) in [6.45, 7) is 4.56. The molecule has 152 valence electrons. The van der Waals surface area contributed by atoms with Crippen LogP contribution in [-0.4, -0.2) is 26.8 Å². The van der Waals surface area contributed by atoms with E-state index in [1.54, 1.807) is 0 Å². The number of hydrogen-bond donors (Lipinski definition) is 1. The average Bonchev–Trinajstić information content (AvgIpc) is 3.40. The van der Waals surface area contributed by atoms with Crippen molar-refractivity contribution in [1.29, 1.82) is 0 Å². The van der Waals surface area contributed by atoms with Gasteiger partial charge in [-0.15, -0.1) is 0 Å². The van der Waals surface area contributed by atoms with Crippen LogP contribution < -0.4 is 5.32 Å². The van der Waals surface area contributed by atoms with Crippen molar-refractivity contribution in [1.82, 2.24) is 19.7 Å². The van der Waals surface area contributed by atoms with Crippen molar-refractivity contribution in [3.63, 3.8) is 0 Å². The fraction of sp³-hybridized carbons (Fsp3) is 0.200. The first-order valence-corrected chi connectivity index (χ1v) is 10.3. The van der Waals surface area contributed by atoms with Gasteiger partial charge in [0.1, 0.15) is 5.56 Å². The molecule has 4 rings (SSSR count). The number of rotatable bonds is 7. The summed E-state index contributed by atoms with van der Waals surface area (Å²) < 4.78 is 3.78. The molecule has 0 saturated heterocycles. The SMILES string of the molecule is Cc1ccc(-n2nc(C)c(C(=O)NCCCc3ccccc3)c2-n2cccc2)cc1. The lowest BCUT2D eigenvalue weighted by molar-refractivity contribution is 0.0952. The number of nitrogens with zero attached hydrogens (tertiary/aromatic N) is 3. The fourth-order valence-electron chi connectivity index (χ4n) is 3.59. The minimum Gasteiger partial charge on any atom is -0.352 e. The Kier molecular flexibility index (Phi) is 5.80. The van der Waals surface area contributed by atoms with Crippen molar-refractivity contribution >= 4 is 5.91 Å². The van der Waals surface area contributed by atoms with E-state index in [1.807, 2.05) is 71.0 Å². The summed E-state index contributed by atoms with van der Waals surface area (Å²) in [6, 6.07) is 22.4. The van der Waals surface area contributed by atoms with Crippen LogP contribution >= 0.6 is 0 Å². The lowest BCUT2D eigenvalue weighted by Gasteiger charge is -2.11. The Morgan fingerprint density at radius 1 is 0.933 bits per heavy atom. The highest BCUT2D eigenvalue weighted by atomic mass is 16.1. The van der Waals surface area contributed by atoms with Crippen molar-refractivity contribution in [2.24, 2.45) is 0 Å². The molecule has 0 radical (unpaired) electrons. The smallest absolute Gasteiger partial charge is 0.256 e. The topological polar surface area (TPSA) is 51.9 Å². The lowest BCUT2D eigenvalue weighted by Crippen LogP contribution is -2.26. The average molecular weight is 399 g/mol. The molecule has 1 amide bonds. The maximum atomic E-state index is 13.1. The molecule has 0 aliphatic heterocycles. The summed E-state index contributed by atoms with van der Waals surface area (Å²) in [4.78, 5) is 13.1. The molecule has 0 atom stereocenters. The number of carbonyl (C=O) groups excluding carboxylic acids is 1. The van der Waals surface area contributed by atoms with E-state index in [2.05, 4.69) is 36.5 Å². The van der Waals surface area contributed by atoms with Crippen LogP contribution in [0.5, 0.6) is 0 Å². The summed E-state index contributed by atoms with van der Waals surface area (Å²) in [6.07, 6.45) is 5.70. The Bertz CT molecular complexity index is 1110. The summed E-state index contributed by atoms with van der Waals surface area (Å²) in [5, 5.41) is 7.78. The van der Waals surface area contributed by atoms with E-state index in [0.717, 1.165) is 24.3 Å². The van der Waals surface area contributed by atoms with E-state index in [9.17, 15) is 4.79 Å². The van der Waals surface area contributed by atoms with Crippen LogP contribution in [0.15, 0.2) is 79.1 Å². The number of aromatic nitrogens is 3. The van der Waals surface area contributed by atoms with Crippen molar-refractivity contribution in [3.8, 4) is 11.5 Å². The first kappa shape index (κ1) is 19.7. The van der Waals surface area contributed by atoms with Crippen molar-refractivity contribution in [2.75, 3.05) is 6.54 Å². The van der Waals surface area contributed by atoms with Crippen LogP contribution in [0.2, 0.25) is 0 Å². The van der Waals surface area contributed by atoms with Crippen LogP contribution in [0.3, 0.4) is 0 Å². The monoisotopic (exact) mass is 398 g/mol. The van der Waals surface area contributed by atoms with Crippen molar-refractivity contribution < 1.29 is 4.79 Å². The van der Waals surface area contributed by atoms with Gasteiger partial charge in [0.2, 0.25) is 0 Å². The number of benzene rings is 2. The van der Waals surface area contributed by atoms with E-state index < -0.39 is 0 Å². The molecule has 0 bridgehead atoms.